The summed E-state index contributed by atoms with van der Waals surface area (Å²) in [5.41, 5.74) is 1.15. The van der Waals surface area contributed by atoms with Crippen molar-refractivity contribution in [1.29, 1.82) is 0 Å². The minimum absolute atomic E-state index is 0.331. The molecule has 3 rings (SSSR count). The molecule has 0 fully saturated rings. The van der Waals surface area contributed by atoms with Gasteiger partial charge in [-0.15, -0.1) is 0 Å². The molecule has 0 spiro atoms. The summed E-state index contributed by atoms with van der Waals surface area (Å²) in [5.74, 6) is 0.698. The number of ether oxygens (including phenoxy) is 5. The third-order valence-corrected chi connectivity index (χ3v) is 4.35. The molecule has 0 saturated heterocycles. The Hall–Kier alpha value is -2.78. The van der Waals surface area contributed by atoms with Gasteiger partial charge in [0.05, 0.1) is 51.8 Å². The van der Waals surface area contributed by atoms with E-state index in [9.17, 15) is 4.79 Å². The van der Waals surface area contributed by atoms with Crippen molar-refractivity contribution in [3.8, 4) is 16.9 Å². The maximum Gasteiger partial charge on any atom is 0.345 e. The number of hydrogen-bond acceptors (Lipinski definition) is 8. The van der Waals surface area contributed by atoms with Gasteiger partial charge in [0.15, 0.2) is 0 Å². The summed E-state index contributed by atoms with van der Waals surface area (Å²) in [6.45, 7) is 4.10. The van der Waals surface area contributed by atoms with Crippen LogP contribution in [0.5, 0.6) is 5.75 Å². The summed E-state index contributed by atoms with van der Waals surface area (Å²) in [5, 5.41) is 0.775. The summed E-state index contributed by atoms with van der Waals surface area (Å²) < 4.78 is 32.0. The molecule has 0 bridgehead atoms. The number of hydrogen-bond donors (Lipinski definition) is 0. The molecule has 31 heavy (non-hydrogen) atoms. The Kier molecular flexibility index (Phi) is 9.46. The van der Waals surface area contributed by atoms with Crippen molar-refractivity contribution in [3.05, 3.63) is 59.1 Å². The maximum absolute atomic E-state index is 12.2. The van der Waals surface area contributed by atoms with Gasteiger partial charge in [-0.05, 0) is 35.9 Å². The second kappa shape index (κ2) is 12.8. The lowest BCUT2D eigenvalue weighted by Gasteiger charge is -2.09. The zero-order valence-corrected chi connectivity index (χ0v) is 17.6. The monoisotopic (exact) mass is 429 g/mol. The summed E-state index contributed by atoms with van der Waals surface area (Å²) in [6.07, 6.45) is 1.59. The maximum atomic E-state index is 12.2. The van der Waals surface area contributed by atoms with Gasteiger partial charge in [0.25, 0.3) is 0 Å². The van der Waals surface area contributed by atoms with Crippen LogP contribution in [-0.2, 0) is 18.9 Å². The lowest BCUT2D eigenvalue weighted by atomic mass is 10.1. The van der Waals surface area contributed by atoms with Crippen LogP contribution in [0.25, 0.3) is 22.2 Å². The molecule has 0 unspecified atom stereocenters. The average Bonchev–Trinajstić information content (AvgIpc) is 2.80. The molecule has 0 amide bonds. The summed E-state index contributed by atoms with van der Waals surface area (Å²) >= 11 is 0. The Morgan fingerprint density at radius 2 is 1.48 bits per heavy atom. The Morgan fingerprint density at radius 1 is 0.839 bits per heavy atom. The zero-order chi connectivity index (χ0) is 21.7. The average molecular weight is 429 g/mol. The molecule has 0 aliphatic carbocycles. The SMILES string of the molecule is COCCOCCOCCOCCOc1ccc(-c2cc3cccnc3oc2=O)cc1. The van der Waals surface area contributed by atoms with Crippen LogP contribution in [-0.4, -0.2) is 64.9 Å². The molecule has 8 heteroatoms. The number of benzene rings is 1. The van der Waals surface area contributed by atoms with Crippen LogP contribution in [0.1, 0.15) is 0 Å². The van der Waals surface area contributed by atoms with Crippen molar-refractivity contribution in [2.75, 3.05) is 60.0 Å². The normalized spacial score (nSPS) is 11.1. The first-order chi connectivity index (χ1) is 15.3. The van der Waals surface area contributed by atoms with Gasteiger partial charge in [0.2, 0.25) is 5.71 Å². The van der Waals surface area contributed by atoms with E-state index in [1.165, 1.54) is 0 Å². The van der Waals surface area contributed by atoms with Crippen molar-refractivity contribution in [3.63, 3.8) is 0 Å². The number of methoxy groups -OCH3 is 1. The zero-order valence-electron chi connectivity index (χ0n) is 17.6. The van der Waals surface area contributed by atoms with Gasteiger partial charge in [0, 0.05) is 18.7 Å². The second-order valence-electron chi connectivity index (χ2n) is 6.55. The van der Waals surface area contributed by atoms with Crippen LogP contribution in [0.3, 0.4) is 0 Å². The lowest BCUT2D eigenvalue weighted by Crippen LogP contribution is -2.13. The topological polar surface area (TPSA) is 89.2 Å². The van der Waals surface area contributed by atoms with Crippen molar-refractivity contribution < 1.29 is 28.1 Å². The quantitative estimate of drug-likeness (QED) is 0.362. The molecule has 0 aliphatic rings. The van der Waals surface area contributed by atoms with Gasteiger partial charge in [0.1, 0.15) is 12.4 Å². The molecule has 8 nitrogen and oxygen atoms in total. The van der Waals surface area contributed by atoms with Gasteiger partial charge >= 0.3 is 5.63 Å². The van der Waals surface area contributed by atoms with E-state index in [0.29, 0.717) is 69.9 Å². The van der Waals surface area contributed by atoms with Crippen molar-refractivity contribution in [2.45, 2.75) is 0 Å². The molecule has 3 aromatic rings. The fraction of sp³-hybridized carbons (Fsp3) is 0.391. The Labute approximate surface area is 180 Å². The molecule has 0 radical (unpaired) electrons. The van der Waals surface area contributed by atoms with Gasteiger partial charge in [-0.2, -0.15) is 0 Å². The van der Waals surface area contributed by atoms with Crippen molar-refractivity contribution in [2.24, 2.45) is 0 Å². The van der Waals surface area contributed by atoms with E-state index in [1.807, 2.05) is 30.3 Å². The van der Waals surface area contributed by atoms with Crippen LogP contribution in [0, 0.1) is 0 Å². The molecular formula is C23H27NO7. The van der Waals surface area contributed by atoms with Crippen LogP contribution >= 0.6 is 0 Å². The summed E-state index contributed by atoms with van der Waals surface area (Å²) in [4.78, 5) is 16.3. The Bertz CT molecular complexity index is 972. The smallest absolute Gasteiger partial charge is 0.345 e. The molecule has 166 valence electrons. The highest BCUT2D eigenvalue weighted by atomic mass is 16.6. The first-order valence-electron chi connectivity index (χ1n) is 10.1. The standard InChI is InChI=1S/C23H27NO7/c1-26-9-10-27-11-12-28-13-14-29-15-16-30-20-6-4-18(5-7-20)21-17-19-3-2-8-24-22(19)31-23(21)25/h2-8,17H,9-16H2,1H3. The predicted octanol–water partition coefficient (Wildman–Crippen LogP) is 2.93. The van der Waals surface area contributed by atoms with E-state index in [0.717, 1.165) is 10.9 Å². The highest BCUT2D eigenvalue weighted by Crippen LogP contribution is 2.22. The number of aromatic nitrogens is 1. The molecule has 2 heterocycles. The number of fused-ring (bicyclic) bond motifs is 1. The van der Waals surface area contributed by atoms with Gasteiger partial charge in [-0.1, -0.05) is 12.1 Å². The largest absolute Gasteiger partial charge is 0.491 e. The molecule has 0 saturated carbocycles. The van der Waals surface area contributed by atoms with Crippen LogP contribution in [0.2, 0.25) is 0 Å². The van der Waals surface area contributed by atoms with E-state index in [4.69, 9.17) is 28.1 Å². The fourth-order valence-corrected chi connectivity index (χ4v) is 2.79. The molecule has 0 aliphatic heterocycles. The Morgan fingerprint density at radius 3 is 2.16 bits per heavy atom. The number of rotatable bonds is 14. The first kappa shape index (κ1) is 22.9. The Balaban J connectivity index is 1.34. The van der Waals surface area contributed by atoms with E-state index in [1.54, 1.807) is 25.4 Å². The van der Waals surface area contributed by atoms with Gasteiger partial charge in [-0.25, -0.2) is 9.78 Å². The third-order valence-electron chi connectivity index (χ3n) is 4.35. The second-order valence-corrected chi connectivity index (χ2v) is 6.55. The van der Waals surface area contributed by atoms with E-state index < -0.39 is 5.63 Å². The molecule has 0 atom stereocenters. The lowest BCUT2D eigenvalue weighted by molar-refractivity contribution is 0.000164. The highest BCUT2D eigenvalue weighted by molar-refractivity contribution is 5.78. The van der Waals surface area contributed by atoms with Gasteiger partial charge in [-0.3, -0.25) is 0 Å². The number of pyridine rings is 1. The molecule has 2 aromatic heterocycles. The summed E-state index contributed by atoms with van der Waals surface area (Å²) in [7, 11) is 1.64. The van der Waals surface area contributed by atoms with Gasteiger partial charge < -0.3 is 28.1 Å². The fourth-order valence-electron chi connectivity index (χ4n) is 2.79. The highest BCUT2D eigenvalue weighted by Gasteiger charge is 2.08. The van der Waals surface area contributed by atoms with E-state index >= 15 is 0 Å². The molecular weight excluding hydrogens is 402 g/mol. The third kappa shape index (κ3) is 7.45. The van der Waals surface area contributed by atoms with Crippen molar-refractivity contribution >= 4 is 11.1 Å². The van der Waals surface area contributed by atoms with Crippen molar-refractivity contribution in [1.82, 2.24) is 4.98 Å². The van der Waals surface area contributed by atoms with E-state index in [2.05, 4.69) is 4.98 Å². The molecule has 1 aromatic carbocycles. The van der Waals surface area contributed by atoms with Crippen LogP contribution < -0.4 is 10.4 Å². The molecule has 0 N–H and O–H groups in total. The number of nitrogens with zero attached hydrogens (tertiary/aromatic N) is 1. The van der Waals surface area contributed by atoms with E-state index in [-0.39, 0.29) is 0 Å². The predicted molar refractivity (Wildman–Crippen MR) is 116 cm³/mol. The van der Waals surface area contributed by atoms with Crippen LogP contribution in [0.15, 0.2) is 57.9 Å². The minimum atomic E-state index is -0.419. The minimum Gasteiger partial charge on any atom is -0.491 e. The summed E-state index contributed by atoms with van der Waals surface area (Å²) in [6, 6.07) is 12.7. The van der Waals surface area contributed by atoms with Crippen LogP contribution in [0.4, 0.5) is 0 Å². The first-order valence-corrected chi connectivity index (χ1v) is 10.1.